The zero-order valence-corrected chi connectivity index (χ0v) is 9.90. The van der Waals surface area contributed by atoms with Crippen LogP contribution in [0.15, 0.2) is 36.4 Å². The van der Waals surface area contributed by atoms with Crippen molar-refractivity contribution in [1.29, 1.82) is 0 Å². The summed E-state index contributed by atoms with van der Waals surface area (Å²) >= 11 is 0. The second-order valence-electron chi connectivity index (χ2n) is 4.14. The van der Waals surface area contributed by atoms with E-state index in [1.54, 1.807) is 6.07 Å². The van der Waals surface area contributed by atoms with Crippen molar-refractivity contribution in [2.75, 3.05) is 0 Å². The van der Waals surface area contributed by atoms with E-state index in [2.05, 4.69) is 5.32 Å². The van der Waals surface area contributed by atoms with Crippen molar-refractivity contribution in [3.05, 3.63) is 42.0 Å². The largest absolute Gasteiger partial charge is 0.508 e. The Bertz CT molecular complexity index is 563. The molecular formula is C14H15NO2. The summed E-state index contributed by atoms with van der Waals surface area (Å²) in [6.45, 7) is 3.33. The van der Waals surface area contributed by atoms with Crippen LogP contribution < -0.4 is 5.32 Å². The zero-order valence-electron chi connectivity index (χ0n) is 9.90. The lowest BCUT2D eigenvalue weighted by atomic mass is 9.98. The van der Waals surface area contributed by atoms with Crippen molar-refractivity contribution in [3.63, 3.8) is 0 Å². The third-order valence-corrected chi connectivity index (χ3v) is 2.80. The fourth-order valence-electron chi connectivity index (χ4n) is 2.12. The highest BCUT2D eigenvalue weighted by Crippen LogP contribution is 2.31. The minimum Gasteiger partial charge on any atom is -0.508 e. The molecule has 2 aromatic carbocycles. The molecule has 17 heavy (non-hydrogen) atoms. The summed E-state index contributed by atoms with van der Waals surface area (Å²) in [6.07, 6.45) is 0. The molecule has 1 amide bonds. The van der Waals surface area contributed by atoms with Gasteiger partial charge in [-0.2, -0.15) is 0 Å². The van der Waals surface area contributed by atoms with Crippen molar-refractivity contribution >= 4 is 16.7 Å². The Balaban J connectivity index is 2.58. The van der Waals surface area contributed by atoms with E-state index < -0.39 is 0 Å². The van der Waals surface area contributed by atoms with E-state index >= 15 is 0 Å². The molecule has 88 valence electrons. The van der Waals surface area contributed by atoms with Gasteiger partial charge in [0.2, 0.25) is 5.91 Å². The maximum atomic E-state index is 11.1. The number of amides is 1. The van der Waals surface area contributed by atoms with E-state index in [-0.39, 0.29) is 17.7 Å². The number of phenolic OH excluding ortho intramolecular Hbond substituents is 1. The van der Waals surface area contributed by atoms with E-state index in [0.717, 1.165) is 16.3 Å². The predicted molar refractivity (Wildman–Crippen MR) is 67.8 cm³/mol. The third-order valence-electron chi connectivity index (χ3n) is 2.80. The Kier molecular flexibility index (Phi) is 3.00. The van der Waals surface area contributed by atoms with Crippen LogP contribution in [-0.2, 0) is 4.79 Å². The summed E-state index contributed by atoms with van der Waals surface area (Å²) in [5.74, 6) is 0.106. The maximum Gasteiger partial charge on any atom is 0.217 e. The lowest BCUT2D eigenvalue weighted by Gasteiger charge is -2.17. The molecule has 2 rings (SSSR count). The lowest BCUT2D eigenvalue weighted by Crippen LogP contribution is -2.23. The molecule has 0 spiro atoms. The molecule has 3 nitrogen and oxygen atoms in total. The van der Waals surface area contributed by atoms with Crippen molar-refractivity contribution < 1.29 is 9.90 Å². The molecule has 0 aromatic heterocycles. The molecule has 3 heteroatoms. The Labute approximate surface area is 100 Å². The summed E-state index contributed by atoms with van der Waals surface area (Å²) in [5, 5.41) is 14.8. The molecule has 1 atom stereocenters. The van der Waals surface area contributed by atoms with Crippen LogP contribution in [0.5, 0.6) is 5.75 Å². The molecule has 2 aromatic rings. The molecule has 0 radical (unpaired) electrons. The highest BCUT2D eigenvalue weighted by atomic mass is 16.3. The van der Waals surface area contributed by atoms with Crippen LogP contribution in [0.3, 0.4) is 0 Å². The van der Waals surface area contributed by atoms with Crippen LogP contribution in [0.1, 0.15) is 25.5 Å². The van der Waals surface area contributed by atoms with Gasteiger partial charge in [0.1, 0.15) is 5.75 Å². The van der Waals surface area contributed by atoms with Gasteiger partial charge < -0.3 is 10.4 Å². The summed E-state index contributed by atoms with van der Waals surface area (Å²) in [4.78, 5) is 11.1. The first kappa shape index (κ1) is 11.5. The molecule has 1 unspecified atom stereocenters. The second kappa shape index (κ2) is 4.45. The Hall–Kier alpha value is -2.03. The van der Waals surface area contributed by atoms with E-state index in [1.165, 1.54) is 6.92 Å². The van der Waals surface area contributed by atoms with Gasteiger partial charge in [0.25, 0.3) is 0 Å². The van der Waals surface area contributed by atoms with Crippen molar-refractivity contribution in [2.24, 2.45) is 0 Å². The molecule has 0 saturated carbocycles. The number of phenols is 1. The van der Waals surface area contributed by atoms with Gasteiger partial charge in [-0.05, 0) is 23.8 Å². The fraction of sp³-hybridized carbons (Fsp3) is 0.214. The van der Waals surface area contributed by atoms with Gasteiger partial charge in [-0.1, -0.05) is 30.3 Å². The lowest BCUT2D eigenvalue weighted by molar-refractivity contribution is -0.119. The van der Waals surface area contributed by atoms with E-state index in [9.17, 15) is 9.90 Å². The van der Waals surface area contributed by atoms with Gasteiger partial charge in [-0.3, -0.25) is 4.79 Å². The predicted octanol–water partition coefficient (Wildman–Crippen LogP) is 2.74. The molecule has 0 aliphatic carbocycles. The van der Waals surface area contributed by atoms with Gasteiger partial charge in [0, 0.05) is 12.5 Å². The maximum absolute atomic E-state index is 11.1. The number of carbonyl (C=O) groups is 1. The molecule has 0 aliphatic heterocycles. The summed E-state index contributed by atoms with van der Waals surface area (Å²) in [7, 11) is 0. The Morgan fingerprint density at radius 2 is 1.94 bits per heavy atom. The van der Waals surface area contributed by atoms with Crippen LogP contribution in [0.25, 0.3) is 10.8 Å². The fourth-order valence-corrected chi connectivity index (χ4v) is 2.12. The summed E-state index contributed by atoms with van der Waals surface area (Å²) < 4.78 is 0. The molecular weight excluding hydrogens is 214 g/mol. The minimum absolute atomic E-state index is 0.107. The Morgan fingerprint density at radius 1 is 1.24 bits per heavy atom. The van der Waals surface area contributed by atoms with Crippen LogP contribution in [0.4, 0.5) is 0 Å². The number of hydrogen-bond acceptors (Lipinski definition) is 2. The van der Waals surface area contributed by atoms with Crippen molar-refractivity contribution in [3.8, 4) is 5.75 Å². The standard InChI is InChI=1S/C14H15NO2/c1-9(15-10(2)16)14-12-6-4-3-5-11(12)7-8-13(14)17/h3-9,17H,1-2H3,(H,15,16). The highest BCUT2D eigenvalue weighted by Gasteiger charge is 2.14. The Morgan fingerprint density at radius 3 is 2.65 bits per heavy atom. The number of benzene rings is 2. The van der Waals surface area contributed by atoms with Gasteiger partial charge in [0.05, 0.1) is 6.04 Å². The number of aromatic hydroxyl groups is 1. The first-order valence-electron chi connectivity index (χ1n) is 5.57. The van der Waals surface area contributed by atoms with Crippen molar-refractivity contribution in [2.45, 2.75) is 19.9 Å². The zero-order chi connectivity index (χ0) is 12.4. The summed E-state index contributed by atoms with van der Waals surface area (Å²) in [5.41, 5.74) is 0.762. The molecule has 0 heterocycles. The molecule has 2 N–H and O–H groups in total. The molecule has 0 bridgehead atoms. The third kappa shape index (κ3) is 2.23. The van der Waals surface area contributed by atoms with Gasteiger partial charge in [-0.15, -0.1) is 0 Å². The molecule has 0 saturated heterocycles. The van der Waals surface area contributed by atoms with E-state index in [4.69, 9.17) is 0 Å². The van der Waals surface area contributed by atoms with Gasteiger partial charge in [0.15, 0.2) is 0 Å². The smallest absolute Gasteiger partial charge is 0.217 e. The number of hydrogen-bond donors (Lipinski definition) is 2. The van der Waals surface area contributed by atoms with Crippen LogP contribution in [-0.4, -0.2) is 11.0 Å². The van der Waals surface area contributed by atoms with Crippen LogP contribution >= 0.6 is 0 Å². The number of carbonyl (C=O) groups excluding carboxylic acids is 1. The van der Waals surface area contributed by atoms with Crippen LogP contribution in [0.2, 0.25) is 0 Å². The quantitative estimate of drug-likeness (QED) is 0.831. The van der Waals surface area contributed by atoms with Crippen LogP contribution in [0, 0.1) is 0 Å². The monoisotopic (exact) mass is 229 g/mol. The first-order chi connectivity index (χ1) is 8.09. The number of rotatable bonds is 2. The second-order valence-corrected chi connectivity index (χ2v) is 4.14. The minimum atomic E-state index is -0.210. The SMILES string of the molecule is CC(=O)NC(C)c1c(O)ccc2ccccc12. The normalized spacial score (nSPS) is 12.4. The average Bonchev–Trinajstić information content (AvgIpc) is 2.27. The average molecular weight is 229 g/mol. The first-order valence-corrected chi connectivity index (χ1v) is 5.57. The molecule has 0 fully saturated rings. The van der Waals surface area contributed by atoms with Gasteiger partial charge >= 0.3 is 0 Å². The molecule has 0 aliphatic rings. The summed E-state index contributed by atoms with van der Waals surface area (Å²) in [6, 6.07) is 11.1. The topological polar surface area (TPSA) is 49.3 Å². The van der Waals surface area contributed by atoms with E-state index in [1.807, 2.05) is 37.3 Å². The highest BCUT2D eigenvalue weighted by molar-refractivity contribution is 5.88. The number of fused-ring (bicyclic) bond motifs is 1. The number of nitrogens with one attached hydrogen (secondary N) is 1. The van der Waals surface area contributed by atoms with Gasteiger partial charge in [-0.25, -0.2) is 0 Å². The van der Waals surface area contributed by atoms with Crippen molar-refractivity contribution in [1.82, 2.24) is 5.32 Å². The van der Waals surface area contributed by atoms with E-state index in [0.29, 0.717) is 0 Å².